The van der Waals surface area contributed by atoms with Gasteiger partial charge < -0.3 is 4.57 Å². The van der Waals surface area contributed by atoms with Crippen molar-refractivity contribution in [3.63, 3.8) is 0 Å². The lowest BCUT2D eigenvalue weighted by molar-refractivity contribution is 0.710. The van der Waals surface area contributed by atoms with Crippen LogP contribution in [-0.2, 0) is 6.54 Å². The van der Waals surface area contributed by atoms with E-state index in [0.29, 0.717) is 10.0 Å². The van der Waals surface area contributed by atoms with Crippen molar-refractivity contribution >= 4 is 35.0 Å². The van der Waals surface area contributed by atoms with Crippen LogP contribution in [0.5, 0.6) is 0 Å². The van der Waals surface area contributed by atoms with Crippen molar-refractivity contribution < 1.29 is 0 Å². The fraction of sp³-hybridized carbons (Fsp3) is 0.0870. The molecule has 0 amide bonds. The molecule has 0 N–H and O–H groups in total. The Morgan fingerprint density at radius 1 is 0.893 bits per heavy atom. The summed E-state index contributed by atoms with van der Waals surface area (Å²) in [6.07, 6.45) is 3.66. The molecule has 2 aromatic heterocycles. The zero-order chi connectivity index (χ0) is 19.5. The van der Waals surface area contributed by atoms with Crippen molar-refractivity contribution in [3.8, 4) is 11.1 Å². The lowest BCUT2D eigenvalue weighted by Crippen LogP contribution is -2.03. The molecule has 0 aliphatic rings. The van der Waals surface area contributed by atoms with Crippen LogP contribution in [0.25, 0.3) is 11.1 Å². The maximum absolute atomic E-state index is 6.24. The minimum atomic E-state index is 0.639. The first kappa shape index (κ1) is 19.1. The van der Waals surface area contributed by atoms with Gasteiger partial charge in [0.1, 0.15) is 0 Å². The number of rotatable bonds is 5. The number of pyridine rings is 1. The Hall–Kier alpha value is -2.20. The Labute approximate surface area is 179 Å². The van der Waals surface area contributed by atoms with E-state index in [1.54, 1.807) is 17.8 Å². The van der Waals surface area contributed by atoms with Gasteiger partial charge in [-0.25, -0.2) is 0 Å². The molecule has 28 heavy (non-hydrogen) atoms. The molecule has 4 aromatic rings. The lowest BCUT2D eigenvalue weighted by atomic mass is 10.1. The van der Waals surface area contributed by atoms with Crippen LogP contribution in [0, 0.1) is 6.92 Å². The summed E-state index contributed by atoms with van der Waals surface area (Å²) in [6.45, 7) is 2.92. The van der Waals surface area contributed by atoms with Crippen LogP contribution in [0.4, 0.5) is 0 Å². The fourth-order valence-electron chi connectivity index (χ4n) is 3.16. The zero-order valence-electron chi connectivity index (χ0n) is 15.3. The molecule has 0 unspecified atom stereocenters. The minimum absolute atomic E-state index is 0.639. The topological polar surface area (TPSA) is 17.8 Å². The first-order valence-corrected chi connectivity index (χ1v) is 10.5. The molecule has 0 spiro atoms. The summed E-state index contributed by atoms with van der Waals surface area (Å²) in [4.78, 5) is 5.15. The molecule has 0 saturated carbocycles. The van der Waals surface area contributed by atoms with E-state index in [9.17, 15) is 0 Å². The van der Waals surface area contributed by atoms with Crippen LogP contribution in [0.3, 0.4) is 0 Å². The summed E-state index contributed by atoms with van der Waals surface area (Å²) in [6, 6.07) is 22.4. The fourth-order valence-corrected chi connectivity index (χ4v) is 5.01. The minimum Gasteiger partial charge on any atom is -0.335 e. The highest BCUT2D eigenvalue weighted by Crippen LogP contribution is 2.40. The number of hydrogen-bond acceptors (Lipinski definition) is 2. The van der Waals surface area contributed by atoms with Gasteiger partial charge in [0.25, 0.3) is 0 Å². The summed E-state index contributed by atoms with van der Waals surface area (Å²) in [7, 11) is 0. The Kier molecular flexibility index (Phi) is 5.77. The molecule has 0 saturated heterocycles. The third-order valence-electron chi connectivity index (χ3n) is 4.48. The second-order valence-electron chi connectivity index (χ2n) is 6.52. The average molecular weight is 425 g/mol. The van der Waals surface area contributed by atoms with Gasteiger partial charge in [-0.15, -0.1) is 0 Å². The highest BCUT2D eigenvalue weighted by Gasteiger charge is 2.16. The Morgan fingerprint density at radius 2 is 1.57 bits per heavy atom. The molecule has 2 nitrogen and oxygen atoms in total. The van der Waals surface area contributed by atoms with Gasteiger partial charge in [-0.05, 0) is 54.4 Å². The van der Waals surface area contributed by atoms with E-state index < -0.39 is 0 Å². The van der Waals surface area contributed by atoms with Crippen LogP contribution in [0.15, 0.2) is 89.0 Å². The van der Waals surface area contributed by atoms with E-state index in [4.69, 9.17) is 23.2 Å². The number of aryl methyl sites for hydroxylation is 1. The van der Waals surface area contributed by atoms with Gasteiger partial charge in [0, 0.05) is 45.1 Å². The molecular weight excluding hydrogens is 407 g/mol. The monoisotopic (exact) mass is 424 g/mol. The molecule has 0 aliphatic carbocycles. The SMILES string of the molecule is Cc1cc(-c2ccccc2)c(Sc2cc(Cl)cc(Cl)c2)n1Cc1ccncc1. The number of benzene rings is 2. The summed E-state index contributed by atoms with van der Waals surface area (Å²) in [5.74, 6) is 0. The number of nitrogens with zero attached hydrogens (tertiary/aromatic N) is 2. The van der Waals surface area contributed by atoms with E-state index in [1.165, 1.54) is 27.4 Å². The molecule has 2 heterocycles. The summed E-state index contributed by atoms with van der Waals surface area (Å²) in [5, 5.41) is 2.44. The van der Waals surface area contributed by atoms with E-state index in [1.807, 2.05) is 42.7 Å². The van der Waals surface area contributed by atoms with Crippen molar-refractivity contribution in [2.45, 2.75) is 23.4 Å². The molecule has 5 heteroatoms. The molecule has 4 rings (SSSR count). The van der Waals surface area contributed by atoms with Gasteiger partial charge in [0.05, 0.1) is 5.03 Å². The third-order valence-corrected chi connectivity index (χ3v) is 6.02. The van der Waals surface area contributed by atoms with Gasteiger partial charge >= 0.3 is 0 Å². The van der Waals surface area contributed by atoms with E-state index in [0.717, 1.165) is 11.4 Å². The van der Waals surface area contributed by atoms with E-state index >= 15 is 0 Å². The normalized spacial score (nSPS) is 11.0. The third kappa shape index (κ3) is 4.27. The van der Waals surface area contributed by atoms with Crippen molar-refractivity contribution in [2.75, 3.05) is 0 Å². The van der Waals surface area contributed by atoms with Gasteiger partial charge in [-0.2, -0.15) is 0 Å². The first-order chi connectivity index (χ1) is 13.6. The van der Waals surface area contributed by atoms with Crippen molar-refractivity contribution in [3.05, 3.63) is 100 Å². The van der Waals surface area contributed by atoms with E-state index in [-0.39, 0.29) is 0 Å². The molecule has 140 valence electrons. The van der Waals surface area contributed by atoms with Crippen LogP contribution >= 0.6 is 35.0 Å². The highest BCUT2D eigenvalue weighted by molar-refractivity contribution is 7.99. The first-order valence-electron chi connectivity index (χ1n) is 8.88. The van der Waals surface area contributed by atoms with Crippen LogP contribution in [-0.4, -0.2) is 9.55 Å². The zero-order valence-corrected chi connectivity index (χ0v) is 17.6. The Morgan fingerprint density at radius 3 is 2.25 bits per heavy atom. The van der Waals surface area contributed by atoms with Crippen LogP contribution in [0.1, 0.15) is 11.3 Å². The molecular formula is C23H18Cl2N2S. The quantitative estimate of drug-likeness (QED) is 0.332. The van der Waals surface area contributed by atoms with Gasteiger partial charge in [-0.3, -0.25) is 4.98 Å². The van der Waals surface area contributed by atoms with Crippen LogP contribution < -0.4 is 0 Å². The smallest absolute Gasteiger partial charge is 0.0881 e. The van der Waals surface area contributed by atoms with Crippen molar-refractivity contribution in [2.24, 2.45) is 0 Å². The maximum atomic E-state index is 6.24. The molecule has 0 bridgehead atoms. The highest BCUT2D eigenvalue weighted by atomic mass is 35.5. The Balaban J connectivity index is 1.82. The van der Waals surface area contributed by atoms with Gasteiger partial charge in [-0.1, -0.05) is 65.3 Å². The Bertz CT molecular complexity index is 1070. The largest absolute Gasteiger partial charge is 0.335 e. The molecule has 0 fully saturated rings. The lowest BCUT2D eigenvalue weighted by Gasteiger charge is -2.14. The standard InChI is InChI=1S/C23H18Cl2N2S/c1-16-11-22(18-5-3-2-4-6-18)23(27(16)15-17-7-9-26-10-8-17)28-21-13-19(24)12-20(25)14-21/h2-14H,15H2,1H3. The van der Waals surface area contributed by atoms with Crippen LogP contribution in [0.2, 0.25) is 10.0 Å². The molecule has 2 aromatic carbocycles. The average Bonchev–Trinajstić information content (AvgIpc) is 2.98. The molecule has 0 atom stereocenters. The second kappa shape index (κ2) is 8.44. The number of halogens is 2. The van der Waals surface area contributed by atoms with Gasteiger partial charge in [0.2, 0.25) is 0 Å². The maximum Gasteiger partial charge on any atom is 0.0881 e. The number of hydrogen-bond donors (Lipinski definition) is 0. The summed E-state index contributed by atoms with van der Waals surface area (Å²) >= 11 is 14.2. The second-order valence-corrected chi connectivity index (χ2v) is 8.45. The van der Waals surface area contributed by atoms with Crippen molar-refractivity contribution in [1.82, 2.24) is 9.55 Å². The predicted molar refractivity (Wildman–Crippen MR) is 119 cm³/mol. The summed E-state index contributed by atoms with van der Waals surface area (Å²) < 4.78 is 2.33. The molecule has 0 aliphatic heterocycles. The van der Waals surface area contributed by atoms with Crippen molar-refractivity contribution in [1.29, 1.82) is 0 Å². The number of aromatic nitrogens is 2. The van der Waals surface area contributed by atoms with E-state index in [2.05, 4.69) is 46.8 Å². The molecule has 0 radical (unpaired) electrons. The summed E-state index contributed by atoms with van der Waals surface area (Å²) in [5.41, 5.74) is 4.80. The van der Waals surface area contributed by atoms with Gasteiger partial charge in [0.15, 0.2) is 0 Å². The predicted octanol–water partition coefficient (Wildman–Crippen LogP) is 7.36.